The van der Waals surface area contributed by atoms with Gasteiger partial charge < -0.3 is 10.2 Å². The van der Waals surface area contributed by atoms with Crippen LogP contribution >= 0.6 is 11.6 Å². The Bertz CT molecular complexity index is 1450. The number of nitrogens with zero attached hydrogens (tertiary/aromatic N) is 2. The van der Waals surface area contributed by atoms with Crippen molar-refractivity contribution in [2.75, 3.05) is 10.8 Å². The van der Waals surface area contributed by atoms with Crippen LogP contribution in [0.5, 0.6) is 0 Å². The van der Waals surface area contributed by atoms with Crippen molar-refractivity contribution in [2.24, 2.45) is 0 Å². The molecule has 0 radical (unpaired) electrons. The molecule has 7 nitrogen and oxygen atoms in total. The number of carbonyl (C=O) groups excluding carboxylic acids is 2. The van der Waals surface area contributed by atoms with Crippen LogP contribution in [-0.4, -0.2) is 43.3 Å². The van der Waals surface area contributed by atoms with Gasteiger partial charge >= 0.3 is 0 Å². The van der Waals surface area contributed by atoms with Crippen LogP contribution in [0.15, 0.2) is 77.7 Å². The van der Waals surface area contributed by atoms with Gasteiger partial charge in [-0.05, 0) is 88.1 Å². The Hall–Kier alpha value is -3.36. The van der Waals surface area contributed by atoms with E-state index in [9.17, 15) is 18.0 Å². The van der Waals surface area contributed by atoms with E-state index in [2.05, 4.69) is 19.2 Å². The summed E-state index contributed by atoms with van der Waals surface area (Å²) in [6.07, 6.45) is 0. The van der Waals surface area contributed by atoms with Crippen LogP contribution in [-0.2, 0) is 26.2 Å². The maximum Gasteiger partial charge on any atom is 0.264 e. The van der Waals surface area contributed by atoms with Crippen molar-refractivity contribution in [1.29, 1.82) is 0 Å². The largest absolute Gasteiger partial charge is 0.350 e. The second kappa shape index (κ2) is 13.1. The molecule has 3 aromatic rings. The molecule has 3 aromatic carbocycles. The average Bonchev–Trinajstić information content (AvgIpc) is 2.90. The van der Waals surface area contributed by atoms with E-state index in [4.69, 9.17) is 11.6 Å². The van der Waals surface area contributed by atoms with Crippen molar-refractivity contribution in [2.45, 2.75) is 77.4 Å². The number of aryl methyl sites for hydroxylation is 1. The lowest BCUT2D eigenvalue weighted by Crippen LogP contribution is -2.54. The summed E-state index contributed by atoms with van der Waals surface area (Å²) >= 11 is 6.06. The fourth-order valence-electron chi connectivity index (χ4n) is 4.23. The molecule has 0 fully saturated rings. The van der Waals surface area contributed by atoms with Gasteiger partial charge in [0, 0.05) is 17.1 Å². The molecule has 0 spiro atoms. The van der Waals surface area contributed by atoms with Crippen LogP contribution in [0.4, 0.5) is 5.69 Å². The van der Waals surface area contributed by atoms with Crippen molar-refractivity contribution in [3.05, 3.63) is 94.5 Å². The predicted octanol–water partition coefficient (Wildman–Crippen LogP) is 6.30. The number of benzene rings is 3. The Morgan fingerprint density at radius 2 is 1.44 bits per heavy atom. The molecule has 3 rings (SSSR count). The normalized spacial score (nSPS) is 12.6. The Labute approximate surface area is 249 Å². The standard InChI is InChI=1S/C32H40ClN3O4S/c1-22(2)26-12-16-28(17-13-26)36(41(39,40)29-18-8-23(3)9-19-29)21-30(37)35(20-25-10-14-27(33)15-11-25)24(4)31(38)34-32(5,6)7/h8-19,22,24H,20-21H2,1-7H3,(H,34,38)/t24-/m0/s1. The zero-order valence-corrected chi connectivity index (χ0v) is 26.4. The first-order valence-electron chi connectivity index (χ1n) is 13.6. The van der Waals surface area contributed by atoms with Gasteiger partial charge in [0.1, 0.15) is 12.6 Å². The van der Waals surface area contributed by atoms with Gasteiger partial charge in [-0.2, -0.15) is 0 Å². The molecule has 1 atom stereocenters. The molecular weight excluding hydrogens is 558 g/mol. The molecule has 0 saturated heterocycles. The zero-order valence-electron chi connectivity index (χ0n) is 24.8. The molecule has 9 heteroatoms. The second-order valence-electron chi connectivity index (χ2n) is 11.6. The van der Waals surface area contributed by atoms with Crippen molar-refractivity contribution < 1.29 is 18.0 Å². The topological polar surface area (TPSA) is 86.8 Å². The summed E-state index contributed by atoms with van der Waals surface area (Å²) in [5, 5.41) is 3.47. The van der Waals surface area contributed by atoms with Crippen LogP contribution in [0.1, 0.15) is 64.2 Å². The number of amides is 2. The molecule has 0 heterocycles. The average molecular weight is 598 g/mol. The lowest BCUT2D eigenvalue weighted by atomic mass is 10.0. The molecule has 0 aliphatic heterocycles. The molecule has 2 amide bonds. The highest BCUT2D eigenvalue weighted by Gasteiger charge is 2.33. The van der Waals surface area contributed by atoms with E-state index in [1.54, 1.807) is 55.5 Å². The van der Waals surface area contributed by atoms with Crippen molar-refractivity contribution in [3.8, 4) is 0 Å². The Kier molecular flexibility index (Phi) is 10.3. The summed E-state index contributed by atoms with van der Waals surface area (Å²) in [5.41, 5.74) is 2.57. The number of carbonyl (C=O) groups is 2. The fraction of sp³-hybridized carbons (Fsp3) is 0.375. The minimum atomic E-state index is -4.12. The summed E-state index contributed by atoms with van der Waals surface area (Å²) in [5.74, 6) is -0.598. The summed E-state index contributed by atoms with van der Waals surface area (Å²) in [4.78, 5) is 28.7. The quantitative estimate of drug-likeness (QED) is 0.297. The van der Waals surface area contributed by atoms with Gasteiger partial charge in [-0.3, -0.25) is 13.9 Å². The summed E-state index contributed by atoms with van der Waals surface area (Å²) in [6.45, 7) is 12.8. The van der Waals surface area contributed by atoms with Crippen LogP contribution in [0.2, 0.25) is 5.02 Å². The smallest absolute Gasteiger partial charge is 0.264 e. The summed E-state index contributed by atoms with van der Waals surface area (Å²) in [7, 11) is -4.12. The highest BCUT2D eigenvalue weighted by atomic mass is 35.5. The third-order valence-corrected chi connectivity index (χ3v) is 8.71. The van der Waals surface area contributed by atoms with E-state index in [1.807, 2.05) is 39.8 Å². The van der Waals surface area contributed by atoms with E-state index < -0.39 is 34.1 Å². The maximum absolute atomic E-state index is 14.0. The number of sulfonamides is 1. The minimum Gasteiger partial charge on any atom is -0.350 e. The zero-order chi connectivity index (χ0) is 30.5. The number of anilines is 1. The van der Waals surface area contributed by atoms with Gasteiger partial charge in [0.25, 0.3) is 10.0 Å². The summed E-state index contributed by atoms with van der Waals surface area (Å²) < 4.78 is 29.1. The highest BCUT2D eigenvalue weighted by molar-refractivity contribution is 7.92. The van der Waals surface area contributed by atoms with Crippen molar-refractivity contribution in [3.63, 3.8) is 0 Å². The van der Waals surface area contributed by atoms with Crippen molar-refractivity contribution >= 4 is 39.1 Å². The number of hydrogen-bond acceptors (Lipinski definition) is 4. The number of rotatable bonds is 10. The molecule has 0 aliphatic carbocycles. The number of nitrogens with one attached hydrogen (secondary N) is 1. The number of halogens is 1. The molecule has 0 bridgehead atoms. The van der Waals surface area contributed by atoms with Crippen LogP contribution in [0, 0.1) is 6.92 Å². The Balaban J connectivity index is 2.05. The Morgan fingerprint density at radius 1 is 0.878 bits per heavy atom. The van der Waals surface area contributed by atoms with Crippen LogP contribution in [0.25, 0.3) is 0 Å². The lowest BCUT2D eigenvalue weighted by molar-refractivity contribution is -0.140. The fourth-order valence-corrected chi connectivity index (χ4v) is 5.78. The molecule has 1 N–H and O–H groups in total. The first-order valence-corrected chi connectivity index (χ1v) is 15.5. The van der Waals surface area contributed by atoms with E-state index >= 15 is 0 Å². The minimum absolute atomic E-state index is 0.0756. The van der Waals surface area contributed by atoms with Gasteiger partial charge in [-0.1, -0.05) is 67.4 Å². The monoisotopic (exact) mass is 597 g/mol. The molecule has 0 saturated carbocycles. The van der Waals surface area contributed by atoms with Crippen LogP contribution in [0.3, 0.4) is 0 Å². The van der Waals surface area contributed by atoms with E-state index in [-0.39, 0.29) is 23.3 Å². The molecule has 41 heavy (non-hydrogen) atoms. The Morgan fingerprint density at radius 3 is 1.95 bits per heavy atom. The summed E-state index contributed by atoms with van der Waals surface area (Å²) in [6, 6.07) is 19.8. The maximum atomic E-state index is 14.0. The molecular formula is C32H40ClN3O4S. The van der Waals surface area contributed by atoms with Gasteiger partial charge in [0.2, 0.25) is 11.8 Å². The highest BCUT2D eigenvalue weighted by Crippen LogP contribution is 2.27. The second-order valence-corrected chi connectivity index (χ2v) is 13.9. The third kappa shape index (κ3) is 8.57. The predicted molar refractivity (Wildman–Crippen MR) is 166 cm³/mol. The van der Waals surface area contributed by atoms with Crippen molar-refractivity contribution in [1.82, 2.24) is 10.2 Å². The molecule has 220 valence electrons. The molecule has 0 aromatic heterocycles. The van der Waals surface area contributed by atoms with E-state index in [0.29, 0.717) is 10.7 Å². The van der Waals surface area contributed by atoms with Gasteiger partial charge in [-0.25, -0.2) is 8.42 Å². The van der Waals surface area contributed by atoms with Gasteiger partial charge in [0.15, 0.2) is 0 Å². The van der Waals surface area contributed by atoms with E-state index in [1.165, 1.54) is 17.0 Å². The van der Waals surface area contributed by atoms with Gasteiger partial charge in [-0.15, -0.1) is 0 Å². The number of hydrogen-bond donors (Lipinski definition) is 1. The van der Waals surface area contributed by atoms with E-state index in [0.717, 1.165) is 21.0 Å². The van der Waals surface area contributed by atoms with Gasteiger partial charge in [0.05, 0.1) is 10.6 Å². The SMILES string of the molecule is Cc1ccc(S(=O)(=O)N(CC(=O)N(Cc2ccc(Cl)cc2)[C@@H](C)C(=O)NC(C)(C)C)c2ccc(C(C)C)cc2)cc1. The lowest BCUT2D eigenvalue weighted by Gasteiger charge is -2.33. The molecule has 0 unspecified atom stereocenters. The third-order valence-electron chi connectivity index (χ3n) is 6.67. The first-order chi connectivity index (χ1) is 19.1. The first kappa shape index (κ1) is 32.2. The molecule has 0 aliphatic rings. The van der Waals surface area contributed by atoms with Crippen LogP contribution < -0.4 is 9.62 Å².